The average molecular weight is 561 g/mol. The van der Waals surface area contributed by atoms with E-state index in [9.17, 15) is 9.59 Å². The fraction of sp³-hybridized carbons (Fsp3) is 0.310. The highest BCUT2D eigenvalue weighted by molar-refractivity contribution is 5.99. The lowest BCUT2D eigenvalue weighted by molar-refractivity contribution is -0.111. The molecule has 0 saturated carbocycles. The second-order valence-electron chi connectivity index (χ2n) is 9.25. The van der Waals surface area contributed by atoms with Gasteiger partial charge in [0.1, 0.15) is 17.2 Å². The van der Waals surface area contributed by atoms with Crippen LogP contribution in [0.25, 0.3) is 0 Å². The highest BCUT2D eigenvalue weighted by Gasteiger charge is 2.22. The summed E-state index contributed by atoms with van der Waals surface area (Å²) in [5, 5.41) is 5.92. The lowest BCUT2D eigenvalue weighted by Crippen LogP contribution is -2.40. The van der Waals surface area contributed by atoms with Crippen LogP contribution in [0.5, 0.6) is 17.4 Å². The summed E-state index contributed by atoms with van der Waals surface area (Å²) in [5.74, 6) is 1.16. The van der Waals surface area contributed by atoms with Crippen molar-refractivity contribution in [3.05, 3.63) is 66.9 Å². The van der Waals surface area contributed by atoms with Crippen LogP contribution in [0.4, 0.5) is 23.0 Å². The van der Waals surface area contributed by atoms with Gasteiger partial charge in [0.2, 0.25) is 17.7 Å². The standard InChI is InChI=1S/C29H32N6O6/c1-3-26(36)31-21-5-4-6-22(18-21)41-27-24(34-9-13-39-14-10-34)19-30-29(33-27)32-23-8-7-20(17-25(23)38-2)28(37)35-11-15-40-16-12-35/h3-8,17-19H,1,9-16H2,2H3,(H,31,36)(H,30,32,33). The van der Waals surface area contributed by atoms with Crippen LogP contribution in [0.1, 0.15) is 10.4 Å². The number of morpholine rings is 2. The van der Waals surface area contributed by atoms with Gasteiger partial charge in [-0.15, -0.1) is 0 Å². The molecule has 2 N–H and O–H groups in total. The maximum Gasteiger partial charge on any atom is 0.254 e. The van der Waals surface area contributed by atoms with E-state index in [0.717, 1.165) is 0 Å². The Balaban J connectivity index is 1.40. The van der Waals surface area contributed by atoms with Crippen LogP contribution in [-0.2, 0) is 14.3 Å². The van der Waals surface area contributed by atoms with E-state index in [1.54, 1.807) is 60.7 Å². The maximum atomic E-state index is 13.0. The summed E-state index contributed by atoms with van der Waals surface area (Å²) in [6, 6.07) is 12.2. The van der Waals surface area contributed by atoms with Gasteiger partial charge in [0.05, 0.1) is 45.4 Å². The van der Waals surface area contributed by atoms with Crippen LogP contribution < -0.4 is 25.0 Å². The Bertz CT molecular complexity index is 1400. The minimum atomic E-state index is -0.323. The first-order valence-electron chi connectivity index (χ1n) is 13.3. The molecule has 2 amide bonds. The molecule has 214 valence electrons. The van der Waals surface area contributed by atoms with Crippen LogP contribution in [0.3, 0.4) is 0 Å². The summed E-state index contributed by atoms with van der Waals surface area (Å²) >= 11 is 0. The van der Waals surface area contributed by atoms with E-state index >= 15 is 0 Å². The van der Waals surface area contributed by atoms with Crippen LogP contribution in [0.15, 0.2) is 61.3 Å². The van der Waals surface area contributed by atoms with E-state index in [1.807, 2.05) is 0 Å². The Morgan fingerprint density at radius 3 is 2.51 bits per heavy atom. The van der Waals surface area contributed by atoms with Gasteiger partial charge in [-0.25, -0.2) is 4.98 Å². The summed E-state index contributed by atoms with van der Waals surface area (Å²) in [6.45, 7) is 8.12. The molecule has 5 rings (SSSR count). The number of hydrogen-bond donors (Lipinski definition) is 2. The zero-order valence-corrected chi connectivity index (χ0v) is 22.8. The molecular formula is C29H32N6O6. The Hall–Kier alpha value is -4.68. The molecule has 2 saturated heterocycles. The van der Waals surface area contributed by atoms with Gasteiger partial charge in [-0.1, -0.05) is 12.6 Å². The molecular weight excluding hydrogens is 528 g/mol. The lowest BCUT2D eigenvalue weighted by Gasteiger charge is -2.29. The normalized spacial score (nSPS) is 15.1. The minimum Gasteiger partial charge on any atom is -0.495 e. The number of aromatic nitrogens is 2. The van der Waals surface area contributed by atoms with Gasteiger partial charge < -0.3 is 39.4 Å². The molecule has 12 nitrogen and oxygen atoms in total. The first-order valence-corrected chi connectivity index (χ1v) is 13.3. The zero-order valence-electron chi connectivity index (χ0n) is 22.8. The van der Waals surface area contributed by atoms with Crippen molar-refractivity contribution >= 4 is 34.8 Å². The number of anilines is 4. The first kappa shape index (κ1) is 27.9. The molecule has 0 radical (unpaired) electrons. The molecule has 3 heterocycles. The Labute approximate surface area is 237 Å². The van der Waals surface area contributed by atoms with Crippen molar-refractivity contribution in [1.82, 2.24) is 14.9 Å². The maximum absolute atomic E-state index is 13.0. The topological polar surface area (TPSA) is 127 Å². The molecule has 2 aliphatic heterocycles. The number of nitrogens with one attached hydrogen (secondary N) is 2. The summed E-state index contributed by atoms with van der Waals surface area (Å²) in [4.78, 5) is 37.8. The van der Waals surface area contributed by atoms with E-state index in [1.165, 1.54) is 6.08 Å². The Morgan fingerprint density at radius 1 is 1.02 bits per heavy atom. The summed E-state index contributed by atoms with van der Waals surface area (Å²) in [7, 11) is 1.54. The third kappa shape index (κ3) is 6.91. The predicted octanol–water partition coefficient (Wildman–Crippen LogP) is 3.45. The second kappa shape index (κ2) is 13.1. The third-order valence-corrected chi connectivity index (χ3v) is 6.58. The fourth-order valence-electron chi connectivity index (χ4n) is 4.46. The average Bonchev–Trinajstić information content (AvgIpc) is 3.02. The highest BCUT2D eigenvalue weighted by atomic mass is 16.5. The monoisotopic (exact) mass is 560 g/mol. The van der Waals surface area contributed by atoms with Crippen LogP contribution in [0, 0.1) is 0 Å². The molecule has 0 bridgehead atoms. The van der Waals surface area contributed by atoms with Crippen LogP contribution in [-0.4, -0.2) is 86.4 Å². The smallest absolute Gasteiger partial charge is 0.254 e. The van der Waals surface area contributed by atoms with Crippen molar-refractivity contribution in [1.29, 1.82) is 0 Å². The number of ether oxygens (including phenoxy) is 4. The highest BCUT2D eigenvalue weighted by Crippen LogP contribution is 2.34. The van der Waals surface area contributed by atoms with Gasteiger partial charge in [0.15, 0.2) is 0 Å². The number of carbonyl (C=O) groups is 2. The number of rotatable bonds is 9. The number of methoxy groups -OCH3 is 1. The van der Waals surface area contributed by atoms with Crippen LogP contribution >= 0.6 is 0 Å². The van der Waals surface area contributed by atoms with E-state index in [4.69, 9.17) is 18.9 Å². The van der Waals surface area contributed by atoms with Crippen LogP contribution in [0.2, 0.25) is 0 Å². The van der Waals surface area contributed by atoms with Crippen molar-refractivity contribution in [2.45, 2.75) is 0 Å². The van der Waals surface area contributed by atoms with Crippen molar-refractivity contribution in [3.8, 4) is 17.4 Å². The van der Waals surface area contributed by atoms with Gasteiger partial charge >= 0.3 is 0 Å². The largest absolute Gasteiger partial charge is 0.495 e. The SMILES string of the molecule is C=CC(=O)Nc1cccc(Oc2nc(Nc3ccc(C(=O)N4CCOCC4)cc3OC)ncc2N2CCOCC2)c1. The minimum absolute atomic E-state index is 0.0774. The van der Waals surface area contributed by atoms with Gasteiger partial charge in [-0.05, 0) is 36.4 Å². The number of amides is 2. The van der Waals surface area contributed by atoms with Crippen molar-refractivity contribution in [2.75, 3.05) is 75.2 Å². The predicted molar refractivity (Wildman–Crippen MR) is 153 cm³/mol. The molecule has 1 aromatic heterocycles. The van der Waals surface area contributed by atoms with E-state index in [-0.39, 0.29) is 17.8 Å². The van der Waals surface area contributed by atoms with Crippen molar-refractivity contribution in [2.24, 2.45) is 0 Å². The van der Waals surface area contributed by atoms with Gasteiger partial charge in [0, 0.05) is 43.5 Å². The molecule has 2 aromatic carbocycles. The molecule has 0 unspecified atom stereocenters. The number of carbonyl (C=O) groups excluding carboxylic acids is 2. The third-order valence-electron chi connectivity index (χ3n) is 6.58. The Kier molecular flexibility index (Phi) is 8.92. The van der Waals surface area contributed by atoms with Crippen molar-refractivity contribution in [3.63, 3.8) is 0 Å². The summed E-state index contributed by atoms with van der Waals surface area (Å²) in [6.07, 6.45) is 2.90. The van der Waals surface area contributed by atoms with E-state index in [0.29, 0.717) is 92.6 Å². The lowest BCUT2D eigenvalue weighted by atomic mass is 10.1. The number of hydrogen-bond acceptors (Lipinski definition) is 10. The molecule has 3 aromatic rings. The fourth-order valence-corrected chi connectivity index (χ4v) is 4.46. The number of benzene rings is 2. The quantitative estimate of drug-likeness (QED) is 0.376. The number of nitrogens with zero attached hydrogens (tertiary/aromatic N) is 4. The zero-order chi connectivity index (χ0) is 28.6. The molecule has 0 aliphatic carbocycles. The van der Waals surface area contributed by atoms with E-state index in [2.05, 4.69) is 32.1 Å². The first-order chi connectivity index (χ1) is 20.0. The van der Waals surface area contributed by atoms with Gasteiger partial charge in [0.25, 0.3) is 5.91 Å². The molecule has 41 heavy (non-hydrogen) atoms. The van der Waals surface area contributed by atoms with E-state index < -0.39 is 0 Å². The van der Waals surface area contributed by atoms with Gasteiger partial charge in [-0.3, -0.25) is 9.59 Å². The molecule has 0 atom stereocenters. The van der Waals surface area contributed by atoms with Gasteiger partial charge in [-0.2, -0.15) is 4.98 Å². The summed E-state index contributed by atoms with van der Waals surface area (Å²) < 4.78 is 22.7. The summed E-state index contributed by atoms with van der Waals surface area (Å²) in [5.41, 5.74) is 2.37. The molecule has 2 fully saturated rings. The molecule has 2 aliphatic rings. The molecule has 0 spiro atoms. The second-order valence-corrected chi connectivity index (χ2v) is 9.25. The van der Waals surface area contributed by atoms with Crippen molar-refractivity contribution < 1.29 is 28.5 Å². The molecule has 12 heteroatoms. The Morgan fingerprint density at radius 2 is 1.78 bits per heavy atom.